The van der Waals surface area contributed by atoms with Crippen LogP contribution in [0.5, 0.6) is 5.75 Å². The standard InChI is InChI=1S/C21H29F9O3SSi/c1-16(2,3)12-10-14(15(35(7,8)9)11-13(12)17(4,5)6)33-34(31,32)21(29,30)19(24,25)18(22,23)20(26,27)28/h10-11H,1-9H3. The van der Waals surface area contributed by atoms with Gasteiger partial charge in [-0.05, 0) is 33.2 Å². The first-order valence-electron chi connectivity index (χ1n) is 10.3. The van der Waals surface area contributed by atoms with Gasteiger partial charge in [-0.2, -0.15) is 47.9 Å². The molecule has 0 amide bonds. The zero-order chi connectivity index (χ0) is 28.4. The molecule has 0 atom stereocenters. The van der Waals surface area contributed by atoms with Gasteiger partial charge in [0.05, 0.1) is 8.07 Å². The highest BCUT2D eigenvalue weighted by atomic mass is 32.2. The molecule has 1 aromatic carbocycles. The SMILES string of the molecule is CC(C)(C)c1cc(OS(=O)(=O)C(F)(F)C(F)(F)C(F)(F)C(F)(F)F)c([Si](C)(C)C)cc1C(C)(C)C. The van der Waals surface area contributed by atoms with Gasteiger partial charge in [0.2, 0.25) is 0 Å². The monoisotopic (exact) mass is 560 g/mol. The van der Waals surface area contributed by atoms with Gasteiger partial charge in [0, 0.05) is 0 Å². The van der Waals surface area contributed by atoms with Gasteiger partial charge in [0.15, 0.2) is 0 Å². The van der Waals surface area contributed by atoms with Crippen molar-refractivity contribution in [2.45, 2.75) is 95.3 Å². The van der Waals surface area contributed by atoms with Crippen LogP contribution in [0.3, 0.4) is 0 Å². The third-order valence-corrected chi connectivity index (χ3v) is 8.46. The third-order valence-electron chi connectivity index (χ3n) is 5.17. The van der Waals surface area contributed by atoms with Crippen molar-refractivity contribution in [1.82, 2.24) is 0 Å². The number of benzene rings is 1. The Balaban J connectivity index is 3.93. The Morgan fingerprint density at radius 1 is 0.686 bits per heavy atom. The van der Waals surface area contributed by atoms with E-state index in [1.807, 2.05) is 20.8 Å². The van der Waals surface area contributed by atoms with Crippen LogP contribution in [-0.4, -0.2) is 39.8 Å². The fourth-order valence-electron chi connectivity index (χ4n) is 3.16. The summed E-state index contributed by atoms with van der Waals surface area (Å²) < 4.78 is 149. The second kappa shape index (κ2) is 8.56. The van der Waals surface area contributed by atoms with Gasteiger partial charge >= 0.3 is 33.4 Å². The zero-order valence-electron chi connectivity index (χ0n) is 20.7. The molecule has 1 rings (SSSR count). The van der Waals surface area contributed by atoms with Crippen molar-refractivity contribution in [3.05, 3.63) is 23.3 Å². The number of rotatable bonds is 6. The Labute approximate surface area is 200 Å². The molecule has 0 saturated heterocycles. The lowest BCUT2D eigenvalue weighted by Gasteiger charge is -2.35. The quantitative estimate of drug-likeness (QED) is 0.215. The first-order chi connectivity index (χ1) is 14.9. The molecule has 0 aliphatic rings. The minimum Gasteiger partial charge on any atom is -0.378 e. The molecule has 0 fully saturated rings. The molecule has 0 aliphatic carbocycles. The predicted molar refractivity (Wildman–Crippen MR) is 117 cm³/mol. The van der Waals surface area contributed by atoms with Crippen LogP contribution in [0, 0.1) is 0 Å². The lowest BCUT2D eigenvalue weighted by atomic mass is 9.75. The Morgan fingerprint density at radius 3 is 1.37 bits per heavy atom. The fraction of sp³-hybridized carbons (Fsp3) is 0.714. The molecule has 0 saturated carbocycles. The van der Waals surface area contributed by atoms with Crippen LogP contribution >= 0.6 is 0 Å². The minimum atomic E-state index is -7.37. The third kappa shape index (κ3) is 5.62. The van der Waals surface area contributed by atoms with Crippen LogP contribution in [0.15, 0.2) is 12.1 Å². The maximum absolute atomic E-state index is 14.3. The first kappa shape index (κ1) is 31.6. The Morgan fingerprint density at radius 2 is 1.06 bits per heavy atom. The van der Waals surface area contributed by atoms with Crippen LogP contribution in [0.1, 0.15) is 52.7 Å². The maximum atomic E-state index is 14.3. The molecule has 204 valence electrons. The molecule has 1 aromatic rings. The first-order valence-corrected chi connectivity index (χ1v) is 15.2. The van der Waals surface area contributed by atoms with Gasteiger partial charge < -0.3 is 4.18 Å². The number of hydrogen-bond donors (Lipinski definition) is 0. The molecular formula is C21H29F9O3SSi. The normalized spacial score (nSPS) is 15.4. The molecule has 0 aromatic heterocycles. The maximum Gasteiger partial charge on any atom is 0.460 e. The van der Waals surface area contributed by atoms with E-state index in [1.54, 1.807) is 40.4 Å². The number of hydrogen-bond acceptors (Lipinski definition) is 3. The average Bonchev–Trinajstić information content (AvgIpc) is 2.56. The van der Waals surface area contributed by atoms with E-state index in [9.17, 15) is 47.9 Å². The summed E-state index contributed by atoms with van der Waals surface area (Å²) in [6.45, 7) is 15.5. The summed E-state index contributed by atoms with van der Waals surface area (Å²) in [5.41, 5.74) is -0.265. The van der Waals surface area contributed by atoms with Gasteiger partial charge in [0.25, 0.3) is 0 Å². The highest BCUT2D eigenvalue weighted by Crippen LogP contribution is 2.55. The summed E-state index contributed by atoms with van der Waals surface area (Å²) in [6.07, 6.45) is -7.16. The molecule has 0 unspecified atom stereocenters. The van der Waals surface area contributed by atoms with Crippen molar-refractivity contribution >= 4 is 23.4 Å². The van der Waals surface area contributed by atoms with Crippen molar-refractivity contribution < 1.29 is 52.1 Å². The predicted octanol–water partition coefficient (Wildman–Crippen LogP) is 6.96. The number of alkyl halides is 9. The van der Waals surface area contributed by atoms with Crippen molar-refractivity contribution in [2.24, 2.45) is 0 Å². The Kier molecular flexibility index (Phi) is 7.72. The van der Waals surface area contributed by atoms with Crippen molar-refractivity contribution in [2.75, 3.05) is 0 Å². The summed E-state index contributed by atoms with van der Waals surface area (Å²) in [7, 11) is -9.74. The second-order valence-electron chi connectivity index (χ2n) is 11.3. The summed E-state index contributed by atoms with van der Waals surface area (Å²) in [5, 5.41) is -6.86. The lowest BCUT2D eigenvalue weighted by molar-refractivity contribution is -0.382. The Hall–Kier alpha value is -1.44. The zero-order valence-corrected chi connectivity index (χ0v) is 22.5. The highest BCUT2D eigenvalue weighted by Gasteiger charge is 2.86. The van der Waals surface area contributed by atoms with E-state index in [4.69, 9.17) is 0 Å². The van der Waals surface area contributed by atoms with Crippen LogP contribution in [0.4, 0.5) is 39.5 Å². The summed E-state index contributed by atoms with van der Waals surface area (Å²) in [6, 6.07) is 2.53. The molecule has 0 N–H and O–H groups in total. The molecule has 35 heavy (non-hydrogen) atoms. The van der Waals surface area contributed by atoms with E-state index >= 15 is 0 Å². The summed E-state index contributed by atoms with van der Waals surface area (Å²) in [4.78, 5) is 0. The van der Waals surface area contributed by atoms with Gasteiger partial charge in [0.1, 0.15) is 5.75 Å². The van der Waals surface area contributed by atoms with E-state index in [0.29, 0.717) is 11.1 Å². The molecule has 0 aliphatic heterocycles. The average molecular weight is 561 g/mol. The van der Waals surface area contributed by atoms with Crippen LogP contribution in [0.25, 0.3) is 0 Å². The van der Waals surface area contributed by atoms with Crippen LogP contribution in [0.2, 0.25) is 19.6 Å². The van der Waals surface area contributed by atoms with Gasteiger partial charge in [-0.3, -0.25) is 0 Å². The van der Waals surface area contributed by atoms with Crippen molar-refractivity contribution in [1.29, 1.82) is 0 Å². The molecule has 0 spiro atoms. The van der Waals surface area contributed by atoms with Gasteiger partial charge in [-0.25, -0.2) is 0 Å². The number of halogens is 9. The molecule has 14 heteroatoms. The van der Waals surface area contributed by atoms with Gasteiger partial charge in [-0.1, -0.05) is 67.2 Å². The van der Waals surface area contributed by atoms with E-state index in [2.05, 4.69) is 4.18 Å². The topological polar surface area (TPSA) is 43.4 Å². The van der Waals surface area contributed by atoms with Crippen LogP contribution < -0.4 is 9.37 Å². The van der Waals surface area contributed by atoms with Crippen molar-refractivity contribution in [3.63, 3.8) is 0 Å². The molecule has 0 radical (unpaired) electrons. The minimum absolute atomic E-state index is 0.0701. The van der Waals surface area contributed by atoms with E-state index in [-0.39, 0.29) is 5.19 Å². The smallest absolute Gasteiger partial charge is 0.378 e. The van der Waals surface area contributed by atoms with E-state index in [1.165, 1.54) is 6.07 Å². The second-order valence-corrected chi connectivity index (χ2v) is 18.0. The van der Waals surface area contributed by atoms with Gasteiger partial charge in [-0.15, -0.1) is 0 Å². The van der Waals surface area contributed by atoms with E-state index in [0.717, 1.165) is 6.07 Å². The molecule has 0 bridgehead atoms. The van der Waals surface area contributed by atoms with E-state index < -0.39 is 58.0 Å². The largest absolute Gasteiger partial charge is 0.460 e. The van der Waals surface area contributed by atoms with Crippen molar-refractivity contribution in [3.8, 4) is 5.75 Å². The molecule has 0 heterocycles. The lowest BCUT2D eigenvalue weighted by Crippen LogP contribution is -2.64. The molecule has 3 nitrogen and oxygen atoms in total. The summed E-state index contributed by atoms with van der Waals surface area (Å²) >= 11 is 0. The molecular weight excluding hydrogens is 531 g/mol. The fourth-order valence-corrected chi connectivity index (χ4v) is 5.60. The Bertz CT molecular complexity index is 1060. The highest BCUT2D eigenvalue weighted by molar-refractivity contribution is 7.88. The van der Waals surface area contributed by atoms with Crippen LogP contribution in [-0.2, 0) is 20.9 Å². The summed E-state index contributed by atoms with van der Waals surface area (Å²) in [5.74, 6) is -15.6.